The largest absolute Gasteiger partial charge is 0.480 e. The summed E-state index contributed by atoms with van der Waals surface area (Å²) < 4.78 is 11.4. The maximum Gasteiger partial charge on any atom is 0.340 e. The van der Waals surface area contributed by atoms with Gasteiger partial charge in [-0.2, -0.15) is 11.8 Å². The van der Waals surface area contributed by atoms with E-state index in [0.717, 1.165) is 16.5 Å². The molecule has 0 fully saturated rings. The van der Waals surface area contributed by atoms with Crippen molar-refractivity contribution < 1.29 is 23.5 Å². The smallest absolute Gasteiger partial charge is 0.340 e. The summed E-state index contributed by atoms with van der Waals surface area (Å²) in [5, 5.41) is 13.9. The molecule has 0 saturated heterocycles. The van der Waals surface area contributed by atoms with E-state index in [9.17, 15) is 19.5 Å². The Kier molecular flexibility index (Phi) is 6.72. The number of nitrogens with one attached hydrogen (secondary N) is 1. The Morgan fingerprint density at radius 1 is 1.12 bits per heavy atom. The van der Waals surface area contributed by atoms with Crippen molar-refractivity contribution in [3.05, 3.63) is 68.7 Å². The van der Waals surface area contributed by atoms with Gasteiger partial charge in [0.2, 0.25) is 5.91 Å². The molecule has 0 saturated carbocycles. The van der Waals surface area contributed by atoms with Gasteiger partial charge in [0.1, 0.15) is 17.2 Å². The number of hydrogen-bond acceptors (Lipinski definition) is 6. The molecule has 0 aliphatic heterocycles. The first-order valence-electron chi connectivity index (χ1n) is 10.5. The van der Waals surface area contributed by atoms with Gasteiger partial charge >= 0.3 is 11.6 Å². The van der Waals surface area contributed by atoms with E-state index in [1.54, 1.807) is 31.6 Å². The van der Waals surface area contributed by atoms with Crippen molar-refractivity contribution in [1.29, 1.82) is 0 Å². The van der Waals surface area contributed by atoms with E-state index in [1.807, 2.05) is 25.1 Å². The van der Waals surface area contributed by atoms with E-state index in [1.165, 1.54) is 11.8 Å². The average molecular weight is 500 g/mol. The molecule has 4 aromatic rings. The molecule has 4 rings (SSSR count). The molecular formula is C25H22ClNO6S. The van der Waals surface area contributed by atoms with Crippen LogP contribution < -0.4 is 10.9 Å². The fourth-order valence-electron chi connectivity index (χ4n) is 4.00. The number of rotatable bonds is 7. The Morgan fingerprint density at radius 2 is 1.82 bits per heavy atom. The lowest BCUT2D eigenvalue weighted by Crippen LogP contribution is -2.43. The molecule has 7 nitrogen and oxygen atoms in total. The quantitative estimate of drug-likeness (QED) is 0.346. The molecule has 0 radical (unpaired) electrons. The molecule has 34 heavy (non-hydrogen) atoms. The molecule has 2 aromatic carbocycles. The van der Waals surface area contributed by atoms with Crippen LogP contribution in [0, 0.1) is 13.8 Å². The second-order valence-corrected chi connectivity index (χ2v) is 9.34. The van der Waals surface area contributed by atoms with Crippen molar-refractivity contribution >= 4 is 57.2 Å². The van der Waals surface area contributed by atoms with Crippen LogP contribution in [0.25, 0.3) is 33.1 Å². The molecule has 0 aliphatic rings. The highest BCUT2D eigenvalue weighted by molar-refractivity contribution is 7.98. The Bertz CT molecular complexity index is 1470. The van der Waals surface area contributed by atoms with Gasteiger partial charge in [0.25, 0.3) is 0 Å². The third-order valence-corrected chi connectivity index (χ3v) is 6.72. The van der Waals surface area contributed by atoms with Crippen LogP contribution in [0.5, 0.6) is 0 Å². The van der Waals surface area contributed by atoms with Crippen LogP contribution in [0.15, 0.2) is 50.2 Å². The van der Waals surface area contributed by atoms with Crippen LogP contribution in [-0.2, 0) is 16.0 Å². The standard InChI is InChI=1S/C25H22ClNO6S/c1-12-16-8-18-19(14-4-6-15(26)7-5-14)10-32-22(18)13(2)23(16)33-25(31)17(12)9-21(28)27-20(11-34-3)24(29)30/h4-8,10,20H,9,11H2,1-3H3,(H,27,28)(H,29,30)/t20-/m0/s1. The fourth-order valence-corrected chi connectivity index (χ4v) is 4.69. The first-order chi connectivity index (χ1) is 16.2. The maximum atomic E-state index is 12.8. The molecule has 0 aliphatic carbocycles. The van der Waals surface area contributed by atoms with Gasteiger partial charge in [-0.15, -0.1) is 0 Å². The number of benzene rings is 2. The Hall–Kier alpha value is -3.23. The van der Waals surface area contributed by atoms with E-state index in [4.69, 9.17) is 20.4 Å². The lowest BCUT2D eigenvalue weighted by atomic mass is 9.97. The van der Waals surface area contributed by atoms with Crippen LogP contribution in [0.4, 0.5) is 0 Å². The van der Waals surface area contributed by atoms with E-state index < -0.39 is 23.5 Å². The molecule has 1 atom stereocenters. The second-order valence-electron chi connectivity index (χ2n) is 7.99. The van der Waals surface area contributed by atoms with Crippen molar-refractivity contribution in [2.75, 3.05) is 12.0 Å². The summed E-state index contributed by atoms with van der Waals surface area (Å²) in [6.07, 6.45) is 3.12. The van der Waals surface area contributed by atoms with Gasteiger partial charge in [-0.1, -0.05) is 23.7 Å². The molecule has 2 N–H and O–H groups in total. The number of fused-ring (bicyclic) bond motifs is 2. The van der Waals surface area contributed by atoms with E-state index in [-0.39, 0.29) is 17.7 Å². The number of furan rings is 1. The summed E-state index contributed by atoms with van der Waals surface area (Å²) in [7, 11) is 0. The molecule has 0 spiro atoms. The zero-order valence-electron chi connectivity index (χ0n) is 18.7. The summed E-state index contributed by atoms with van der Waals surface area (Å²) in [6, 6.07) is 8.24. The zero-order chi connectivity index (χ0) is 24.6. The number of thioether (sulfide) groups is 1. The molecule has 1 amide bonds. The topological polar surface area (TPSA) is 110 Å². The molecule has 176 valence electrons. The predicted molar refractivity (Wildman–Crippen MR) is 134 cm³/mol. The van der Waals surface area contributed by atoms with E-state index in [2.05, 4.69) is 5.32 Å². The van der Waals surface area contributed by atoms with Crippen LogP contribution in [0.2, 0.25) is 5.02 Å². The Balaban J connectivity index is 1.79. The van der Waals surface area contributed by atoms with E-state index >= 15 is 0 Å². The van der Waals surface area contributed by atoms with Crippen molar-refractivity contribution in [3.63, 3.8) is 0 Å². The molecule has 0 unspecified atom stereocenters. The van der Waals surface area contributed by atoms with Gasteiger partial charge in [0.15, 0.2) is 0 Å². The zero-order valence-corrected chi connectivity index (χ0v) is 20.3. The predicted octanol–water partition coefficient (Wildman–Crippen LogP) is 4.95. The number of carboxylic acids is 1. The van der Waals surface area contributed by atoms with Crippen molar-refractivity contribution in [3.8, 4) is 11.1 Å². The van der Waals surface area contributed by atoms with Gasteiger partial charge < -0.3 is 19.3 Å². The lowest BCUT2D eigenvalue weighted by Gasteiger charge is -2.14. The monoisotopic (exact) mass is 499 g/mol. The number of halogens is 1. The third kappa shape index (κ3) is 4.43. The number of aryl methyl sites for hydroxylation is 2. The summed E-state index contributed by atoms with van der Waals surface area (Å²) in [4.78, 5) is 36.7. The summed E-state index contributed by atoms with van der Waals surface area (Å²) in [6.45, 7) is 3.57. The van der Waals surface area contributed by atoms with Crippen LogP contribution in [0.1, 0.15) is 16.7 Å². The highest BCUT2D eigenvalue weighted by atomic mass is 35.5. The van der Waals surface area contributed by atoms with Gasteiger partial charge in [-0.05, 0) is 49.4 Å². The van der Waals surface area contributed by atoms with Gasteiger partial charge in [0, 0.05) is 32.7 Å². The highest BCUT2D eigenvalue weighted by Gasteiger charge is 2.23. The van der Waals surface area contributed by atoms with E-state index in [0.29, 0.717) is 32.7 Å². The van der Waals surface area contributed by atoms with Crippen LogP contribution >= 0.6 is 23.4 Å². The fraction of sp³-hybridized carbons (Fsp3) is 0.240. The average Bonchev–Trinajstić information content (AvgIpc) is 3.22. The summed E-state index contributed by atoms with van der Waals surface area (Å²) in [5.74, 6) is -1.46. The second kappa shape index (κ2) is 9.56. The molecule has 2 aromatic heterocycles. The normalized spacial score (nSPS) is 12.2. The Labute approximate surface area is 204 Å². The Morgan fingerprint density at radius 3 is 2.47 bits per heavy atom. The van der Waals surface area contributed by atoms with Gasteiger partial charge in [0.05, 0.1) is 18.2 Å². The number of carboxylic acid groups (broad SMARTS) is 1. The number of hydrogen-bond donors (Lipinski definition) is 2. The summed E-state index contributed by atoms with van der Waals surface area (Å²) >= 11 is 7.33. The minimum absolute atomic E-state index is 0.188. The number of carbonyl (C=O) groups excluding carboxylic acids is 1. The highest BCUT2D eigenvalue weighted by Crippen LogP contribution is 2.37. The van der Waals surface area contributed by atoms with Crippen molar-refractivity contribution in [1.82, 2.24) is 5.32 Å². The van der Waals surface area contributed by atoms with Crippen LogP contribution in [-0.4, -0.2) is 35.0 Å². The summed E-state index contributed by atoms with van der Waals surface area (Å²) in [5.41, 5.74) is 3.61. The van der Waals surface area contributed by atoms with Gasteiger partial charge in [-0.3, -0.25) is 4.79 Å². The molecular weight excluding hydrogens is 478 g/mol. The van der Waals surface area contributed by atoms with Crippen molar-refractivity contribution in [2.45, 2.75) is 26.3 Å². The number of aliphatic carboxylic acids is 1. The number of amides is 1. The maximum absolute atomic E-state index is 12.8. The minimum atomic E-state index is -1.13. The SMILES string of the molecule is CSC[C@H](NC(=O)Cc1c(C)c2cc3c(-c4ccc(Cl)cc4)coc3c(C)c2oc1=O)C(=O)O. The third-order valence-electron chi connectivity index (χ3n) is 5.80. The number of carbonyl (C=O) groups is 2. The van der Waals surface area contributed by atoms with Crippen molar-refractivity contribution in [2.24, 2.45) is 0 Å². The first-order valence-corrected chi connectivity index (χ1v) is 12.2. The molecule has 2 heterocycles. The first kappa shape index (κ1) is 23.9. The molecule has 9 heteroatoms. The van der Waals surface area contributed by atoms with Gasteiger partial charge in [-0.25, -0.2) is 9.59 Å². The molecule has 0 bridgehead atoms. The minimum Gasteiger partial charge on any atom is -0.480 e. The van der Waals surface area contributed by atoms with Crippen LogP contribution in [0.3, 0.4) is 0 Å². The lowest BCUT2D eigenvalue weighted by molar-refractivity contribution is -0.141.